The van der Waals surface area contributed by atoms with Crippen LogP contribution < -0.4 is 5.32 Å². The number of hydrogen-bond donors (Lipinski definition) is 1. The molecule has 21 heavy (non-hydrogen) atoms. The van der Waals surface area contributed by atoms with E-state index in [4.69, 9.17) is 0 Å². The molecule has 2 aromatic rings. The Hall–Kier alpha value is -1.76. The fourth-order valence-electron chi connectivity index (χ4n) is 3.48. The Kier molecular flexibility index (Phi) is 4.59. The van der Waals surface area contributed by atoms with Crippen LogP contribution in [0.4, 0.5) is 5.69 Å². The molecule has 0 bridgehead atoms. The lowest BCUT2D eigenvalue weighted by Crippen LogP contribution is -2.18. The van der Waals surface area contributed by atoms with Gasteiger partial charge in [0.1, 0.15) is 0 Å². The number of fused-ring (bicyclic) bond motifs is 1. The first-order valence-corrected chi connectivity index (χ1v) is 8.28. The van der Waals surface area contributed by atoms with Crippen LogP contribution in [0.5, 0.6) is 0 Å². The zero-order valence-corrected chi connectivity index (χ0v) is 12.9. The first-order valence-electron chi connectivity index (χ1n) is 8.28. The van der Waals surface area contributed by atoms with E-state index < -0.39 is 0 Å². The Labute approximate surface area is 128 Å². The molecule has 0 spiro atoms. The van der Waals surface area contributed by atoms with Crippen LogP contribution in [-0.4, -0.2) is 6.54 Å². The van der Waals surface area contributed by atoms with E-state index in [2.05, 4.69) is 60.8 Å². The van der Waals surface area contributed by atoms with Gasteiger partial charge in [-0.2, -0.15) is 0 Å². The SMILES string of the molecule is CCCc1ccccc1NCC1CCCc2ccccc21. The molecule has 0 aromatic heterocycles. The molecular weight excluding hydrogens is 254 g/mol. The molecule has 0 saturated carbocycles. The minimum Gasteiger partial charge on any atom is -0.384 e. The third kappa shape index (κ3) is 3.29. The van der Waals surface area contributed by atoms with Crippen molar-refractivity contribution >= 4 is 5.69 Å². The highest BCUT2D eigenvalue weighted by molar-refractivity contribution is 5.51. The van der Waals surface area contributed by atoms with Crippen molar-refractivity contribution in [3.05, 3.63) is 65.2 Å². The van der Waals surface area contributed by atoms with Crippen LogP contribution in [0.3, 0.4) is 0 Å². The van der Waals surface area contributed by atoms with Crippen molar-refractivity contribution in [1.82, 2.24) is 0 Å². The van der Waals surface area contributed by atoms with Crippen LogP contribution in [-0.2, 0) is 12.8 Å². The maximum absolute atomic E-state index is 3.71. The van der Waals surface area contributed by atoms with Gasteiger partial charge in [-0.25, -0.2) is 0 Å². The van der Waals surface area contributed by atoms with Crippen molar-refractivity contribution in [2.45, 2.75) is 44.9 Å². The zero-order chi connectivity index (χ0) is 14.5. The summed E-state index contributed by atoms with van der Waals surface area (Å²) in [4.78, 5) is 0. The van der Waals surface area contributed by atoms with Crippen LogP contribution in [0, 0.1) is 0 Å². The predicted molar refractivity (Wildman–Crippen MR) is 91.0 cm³/mol. The summed E-state index contributed by atoms with van der Waals surface area (Å²) in [5, 5.41) is 3.71. The first kappa shape index (κ1) is 14.2. The normalized spacial score (nSPS) is 17.3. The van der Waals surface area contributed by atoms with E-state index in [1.165, 1.54) is 36.9 Å². The average molecular weight is 279 g/mol. The summed E-state index contributed by atoms with van der Waals surface area (Å²) in [6, 6.07) is 17.7. The standard InChI is InChI=1S/C20H25N/c1-2-8-17-10-4-6-14-20(17)21-15-18-12-7-11-16-9-3-5-13-19(16)18/h3-6,9-10,13-14,18,21H,2,7-8,11-12,15H2,1H3. The highest BCUT2D eigenvalue weighted by Crippen LogP contribution is 2.32. The number of para-hydroxylation sites is 1. The van der Waals surface area contributed by atoms with Crippen molar-refractivity contribution in [3.63, 3.8) is 0 Å². The van der Waals surface area contributed by atoms with Gasteiger partial charge in [-0.1, -0.05) is 55.8 Å². The van der Waals surface area contributed by atoms with Crippen LogP contribution in [0.15, 0.2) is 48.5 Å². The molecular formula is C20H25N. The van der Waals surface area contributed by atoms with E-state index in [0.29, 0.717) is 5.92 Å². The van der Waals surface area contributed by atoms with E-state index in [9.17, 15) is 0 Å². The Bertz CT molecular complexity index is 588. The third-order valence-corrected chi connectivity index (χ3v) is 4.57. The third-order valence-electron chi connectivity index (χ3n) is 4.57. The molecule has 1 aliphatic carbocycles. The van der Waals surface area contributed by atoms with E-state index in [1.807, 2.05) is 0 Å². The van der Waals surface area contributed by atoms with E-state index in [1.54, 1.807) is 11.1 Å². The van der Waals surface area contributed by atoms with Gasteiger partial charge in [-0.15, -0.1) is 0 Å². The summed E-state index contributed by atoms with van der Waals surface area (Å²) in [5.41, 5.74) is 5.88. The summed E-state index contributed by atoms with van der Waals surface area (Å²) in [5.74, 6) is 0.657. The predicted octanol–water partition coefficient (Wildman–Crippen LogP) is 5.17. The number of benzene rings is 2. The lowest BCUT2D eigenvalue weighted by atomic mass is 9.83. The number of anilines is 1. The number of hydrogen-bond acceptors (Lipinski definition) is 1. The monoisotopic (exact) mass is 279 g/mol. The highest BCUT2D eigenvalue weighted by atomic mass is 14.9. The highest BCUT2D eigenvalue weighted by Gasteiger charge is 2.19. The zero-order valence-electron chi connectivity index (χ0n) is 12.9. The molecule has 0 amide bonds. The second kappa shape index (κ2) is 6.80. The van der Waals surface area contributed by atoms with Gasteiger partial charge in [-0.3, -0.25) is 0 Å². The molecule has 110 valence electrons. The van der Waals surface area contributed by atoms with Gasteiger partial charge < -0.3 is 5.32 Å². The van der Waals surface area contributed by atoms with Crippen molar-refractivity contribution in [2.75, 3.05) is 11.9 Å². The Morgan fingerprint density at radius 2 is 1.86 bits per heavy atom. The minimum absolute atomic E-state index is 0.657. The van der Waals surface area contributed by atoms with Crippen LogP contribution in [0.1, 0.15) is 48.8 Å². The molecule has 1 N–H and O–H groups in total. The molecule has 1 heteroatoms. The maximum Gasteiger partial charge on any atom is 0.0372 e. The quantitative estimate of drug-likeness (QED) is 0.796. The molecule has 0 heterocycles. The summed E-state index contributed by atoms with van der Waals surface area (Å²) in [6.07, 6.45) is 6.23. The van der Waals surface area contributed by atoms with Crippen LogP contribution >= 0.6 is 0 Å². The summed E-state index contributed by atoms with van der Waals surface area (Å²) in [6.45, 7) is 3.30. The molecule has 1 aliphatic rings. The van der Waals surface area contributed by atoms with E-state index in [0.717, 1.165) is 13.0 Å². The van der Waals surface area contributed by atoms with Crippen LogP contribution in [0.25, 0.3) is 0 Å². The molecule has 0 saturated heterocycles. The molecule has 0 aliphatic heterocycles. The second-order valence-corrected chi connectivity index (χ2v) is 6.08. The van der Waals surface area contributed by atoms with Gasteiger partial charge in [0.15, 0.2) is 0 Å². The summed E-state index contributed by atoms with van der Waals surface area (Å²) in [7, 11) is 0. The van der Waals surface area contributed by atoms with Gasteiger partial charge >= 0.3 is 0 Å². The molecule has 0 radical (unpaired) electrons. The van der Waals surface area contributed by atoms with E-state index >= 15 is 0 Å². The number of aryl methyl sites for hydroxylation is 2. The number of rotatable bonds is 5. The van der Waals surface area contributed by atoms with Gasteiger partial charge in [0.05, 0.1) is 0 Å². The molecule has 1 nitrogen and oxygen atoms in total. The molecule has 0 fully saturated rings. The lowest BCUT2D eigenvalue weighted by molar-refractivity contribution is 0.571. The summed E-state index contributed by atoms with van der Waals surface area (Å²) < 4.78 is 0. The largest absolute Gasteiger partial charge is 0.384 e. The van der Waals surface area contributed by atoms with Gasteiger partial charge in [-0.05, 0) is 48.4 Å². The smallest absolute Gasteiger partial charge is 0.0372 e. The molecule has 1 unspecified atom stereocenters. The van der Waals surface area contributed by atoms with Crippen molar-refractivity contribution in [3.8, 4) is 0 Å². The van der Waals surface area contributed by atoms with Gasteiger partial charge in [0.2, 0.25) is 0 Å². The molecule has 1 atom stereocenters. The maximum atomic E-state index is 3.71. The molecule has 3 rings (SSSR count). The topological polar surface area (TPSA) is 12.0 Å². The fourth-order valence-corrected chi connectivity index (χ4v) is 3.48. The van der Waals surface area contributed by atoms with Gasteiger partial charge in [0.25, 0.3) is 0 Å². The number of nitrogens with one attached hydrogen (secondary N) is 1. The Morgan fingerprint density at radius 1 is 1.05 bits per heavy atom. The molecule has 2 aromatic carbocycles. The van der Waals surface area contributed by atoms with Gasteiger partial charge in [0, 0.05) is 18.2 Å². The first-order chi connectivity index (χ1) is 10.4. The minimum atomic E-state index is 0.657. The van der Waals surface area contributed by atoms with E-state index in [-0.39, 0.29) is 0 Å². The Balaban J connectivity index is 1.72. The van der Waals surface area contributed by atoms with Crippen molar-refractivity contribution in [1.29, 1.82) is 0 Å². The van der Waals surface area contributed by atoms with Crippen molar-refractivity contribution < 1.29 is 0 Å². The average Bonchev–Trinajstić information content (AvgIpc) is 2.54. The second-order valence-electron chi connectivity index (χ2n) is 6.08. The summed E-state index contributed by atoms with van der Waals surface area (Å²) >= 11 is 0. The van der Waals surface area contributed by atoms with Crippen molar-refractivity contribution in [2.24, 2.45) is 0 Å². The lowest BCUT2D eigenvalue weighted by Gasteiger charge is -2.26. The fraction of sp³-hybridized carbons (Fsp3) is 0.400. The van der Waals surface area contributed by atoms with Crippen LogP contribution in [0.2, 0.25) is 0 Å². The Morgan fingerprint density at radius 3 is 2.76 bits per heavy atom.